The lowest BCUT2D eigenvalue weighted by Gasteiger charge is -2.55. The Morgan fingerprint density at radius 3 is 2.02 bits per heavy atom. The number of imide groups is 1. The summed E-state index contributed by atoms with van der Waals surface area (Å²) in [5.74, 6) is -4.06. The number of carbonyl (C=O) groups excluding carboxylic acids is 4. The number of nitrogens with zero attached hydrogens (tertiary/aromatic N) is 1. The van der Waals surface area contributed by atoms with E-state index in [4.69, 9.17) is 9.47 Å². The SMILES string of the molecule is COc1cc([C@H]2C3=CC[C@@H]4C(=O)N(C(C)(C)C)C(=O)[C@@H]4[C@@H]3C[C@H]3C(=O)C(c4ccccc4)=CC(=O)[C@@]23c2ccccc2)cc(OC)c1O. The van der Waals surface area contributed by atoms with Gasteiger partial charge in [-0.25, -0.2) is 0 Å². The molecule has 1 saturated carbocycles. The number of aromatic hydroxyl groups is 1. The van der Waals surface area contributed by atoms with Gasteiger partial charge in [-0.3, -0.25) is 24.1 Å². The number of benzene rings is 3. The number of hydrogen-bond acceptors (Lipinski definition) is 7. The van der Waals surface area contributed by atoms with Gasteiger partial charge in [0.1, 0.15) is 0 Å². The summed E-state index contributed by atoms with van der Waals surface area (Å²) in [6.45, 7) is 5.56. The van der Waals surface area contributed by atoms with Gasteiger partial charge in [0.2, 0.25) is 17.6 Å². The molecule has 0 spiro atoms. The highest BCUT2D eigenvalue weighted by Crippen LogP contribution is 2.64. The van der Waals surface area contributed by atoms with E-state index in [9.17, 15) is 14.7 Å². The monoisotopic (exact) mass is 645 g/mol. The van der Waals surface area contributed by atoms with Crippen LogP contribution in [0.15, 0.2) is 90.5 Å². The lowest BCUT2D eigenvalue weighted by molar-refractivity contribution is -0.145. The molecule has 48 heavy (non-hydrogen) atoms. The van der Waals surface area contributed by atoms with Gasteiger partial charge in [0.25, 0.3) is 0 Å². The van der Waals surface area contributed by atoms with Gasteiger partial charge in [0.05, 0.1) is 31.5 Å². The van der Waals surface area contributed by atoms with E-state index in [1.807, 2.05) is 87.5 Å². The predicted molar refractivity (Wildman–Crippen MR) is 179 cm³/mol. The Hall–Kier alpha value is -4.98. The summed E-state index contributed by atoms with van der Waals surface area (Å²) in [5, 5.41) is 10.9. The Morgan fingerprint density at radius 1 is 0.833 bits per heavy atom. The molecule has 4 aliphatic rings. The molecule has 1 heterocycles. The first-order valence-corrected chi connectivity index (χ1v) is 16.4. The maximum atomic E-state index is 15.1. The number of Topliss-reactive ketones (excluding diaryl/α,β-unsaturated/α-hetero) is 1. The van der Waals surface area contributed by atoms with Gasteiger partial charge >= 0.3 is 0 Å². The summed E-state index contributed by atoms with van der Waals surface area (Å²) < 4.78 is 11.2. The Kier molecular flexibility index (Phi) is 7.46. The topological polar surface area (TPSA) is 110 Å². The fourth-order valence-electron chi connectivity index (χ4n) is 8.99. The number of rotatable bonds is 5. The molecule has 246 valence electrons. The van der Waals surface area contributed by atoms with Gasteiger partial charge in [-0.05, 0) is 74.4 Å². The van der Waals surface area contributed by atoms with Crippen LogP contribution in [-0.2, 0) is 24.6 Å². The zero-order valence-electron chi connectivity index (χ0n) is 27.7. The number of fused-ring (bicyclic) bond motifs is 4. The summed E-state index contributed by atoms with van der Waals surface area (Å²) in [5.41, 5.74) is 0.990. The molecule has 8 heteroatoms. The van der Waals surface area contributed by atoms with Gasteiger partial charge in [-0.1, -0.05) is 72.3 Å². The van der Waals surface area contributed by atoms with Crippen molar-refractivity contribution >= 4 is 29.0 Å². The number of hydrogen-bond donors (Lipinski definition) is 1. The first-order chi connectivity index (χ1) is 22.9. The van der Waals surface area contributed by atoms with Crippen LogP contribution in [0, 0.1) is 23.7 Å². The zero-order chi connectivity index (χ0) is 34.1. The number of ketones is 2. The van der Waals surface area contributed by atoms with E-state index < -0.39 is 40.5 Å². The number of allylic oxidation sites excluding steroid dienone is 4. The van der Waals surface area contributed by atoms with Crippen molar-refractivity contribution in [3.05, 3.63) is 107 Å². The molecule has 1 N–H and O–H groups in total. The van der Waals surface area contributed by atoms with Crippen LogP contribution in [0.1, 0.15) is 56.2 Å². The quantitative estimate of drug-likeness (QED) is 0.267. The molecule has 1 aliphatic heterocycles. The normalized spacial score (nSPS) is 28.3. The van der Waals surface area contributed by atoms with Crippen LogP contribution in [0.4, 0.5) is 0 Å². The molecule has 0 bridgehead atoms. The first-order valence-electron chi connectivity index (χ1n) is 16.4. The molecular weight excluding hydrogens is 606 g/mol. The molecule has 2 amide bonds. The second-order valence-corrected chi connectivity index (χ2v) is 14.2. The smallest absolute Gasteiger partial charge is 0.234 e. The molecular formula is C40H39NO7. The average Bonchev–Trinajstić information content (AvgIpc) is 3.35. The molecule has 3 aromatic carbocycles. The van der Waals surface area contributed by atoms with E-state index >= 15 is 9.59 Å². The highest BCUT2D eigenvalue weighted by molar-refractivity contribution is 6.31. The number of carbonyl (C=O) groups is 4. The lowest BCUT2D eigenvalue weighted by atomic mass is 9.44. The fraction of sp³-hybridized carbons (Fsp3) is 0.350. The second kappa shape index (κ2) is 11.3. The van der Waals surface area contributed by atoms with Crippen LogP contribution in [0.5, 0.6) is 17.2 Å². The highest BCUT2D eigenvalue weighted by Gasteiger charge is 2.66. The third-order valence-electron chi connectivity index (χ3n) is 10.9. The Bertz CT molecular complexity index is 1880. The maximum absolute atomic E-state index is 15.1. The maximum Gasteiger partial charge on any atom is 0.234 e. The summed E-state index contributed by atoms with van der Waals surface area (Å²) >= 11 is 0. The van der Waals surface area contributed by atoms with E-state index in [0.29, 0.717) is 28.7 Å². The molecule has 1 saturated heterocycles. The van der Waals surface area contributed by atoms with Crippen molar-refractivity contribution in [2.45, 2.75) is 50.5 Å². The van der Waals surface area contributed by atoms with E-state index in [1.165, 1.54) is 25.2 Å². The molecule has 6 atom stereocenters. The summed E-state index contributed by atoms with van der Waals surface area (Å²) in [6.07, 6.45) is 4.06. The molecule has 3 aromatic rings. The molecule has 2 fully saturated rings. The first kappa shape index (κ1) is 31.6. The molecule has 3 aliphatic carbocycles. The van der Waals surface area contributed by atoms with Crippen LogP contribution in [0.3, 0.4) is 0 Å². The molecule has 0 radical (unpaired) electrons. The van der Waals surface area contributed by atoms with Gasteiger partial charge in [0.15, 0.2) is 23.1 Å². The average molecular weight is 646 g/mol. The van der Waals surface area contributed by atoms with Crippen LogP contribution >= 0.6 is 0 Å². The van der Waals surface area contributed by atoms with Gasteiger partial charge in [-0.15, -0.1) is 0 Å². The van der Waals surface area contributed by atoms with Crippen LogP contribution in [-0.4, -0.2) is 53.1 Å². The summed E-state index contributed by atoms with van der Waals surface area (Å²) in [4.78, 5) is 59.7. The lowest BCUT2D eigenvalue weighted by Crippen LogP contribution is -2.59. The molecule has 0 aromatic heterocycles. The van der Waals surface area contributed by atoms with E-state index in [-0.39, 0.29) is 47.1 Å². The molecule has 0 unspecified atom stereocenters. The molecule has 7 rings (SSSR count). The van der Waals surface area contributed by atoms with Crippen molar-refractivity contribution in [3.63, 3.8) is 0 Å². The van der Waals surface area contributed by atoms with Crippen molar-refractivity contribution in [2.24, 2.45) is 23.7 Å². The predicted octanol–water partition coefficient (Wildman–Crippen LogP) is 6.03. The number of phenols is 1. The van der Waals surface area contributed by atoms with Gasteiger partial charge < -0.3 is 14.6 Å². The van der Waals surface area contributed by atoms with Gasteiger partial charge in [0, 0.05) is 22.9 Å². The number of likely N-dealkylation sites (tertiary alicyclic amines) is 1. The Morgan fingerprint density at radius 2 is 1.44 bits per heavy atom. The van der Waals surface area contributed by atoms with E-state index in [0.717, 1.165) is 5.57 Å². The van der Waals surface area contributed by atoms with Crippen LogP contribution in [0.25, 0.3) is 5.57 Å². The summed E-state index contributed by atoms with van der Waals surface area (Å²) in [7, 11) is 2.88. The number of amides is 2. The fourth-order valence-corrected chi connectivity index (χ4v) is 8.99. The minimum atomic E-state index is -1.39. The van der Waals surface area contributed by atoms with Gasteiger partial charge in [-0.2, -0.15) is 0 Å². The minimum Gasteiger partial charge on any atom is -0.502 e. The number of phenolic OH excluding ortho intramolecular Hbond substituents is 1. The number of methoxy groups -OCH3 is 2. The standard InChI is InChI=1S/C40H39NO7/c1-39(2,3)41-37(45)26-17-16-25-28(33(26)38(41)46)20-29-35(43)27(22-12-8-6-9-13-22)21-32(42)40(29,24-14-10-7-11-15-24)34(25)23-18-30(47-4)36(44)31(19-23)48-5/h6-16,18-19,21,26,28-29,33-34,44H,17,20H2,1-5H3/t26-,28+,29-,33-,34-,40-/m0/s1. The summed E-state index contributed by atoms with van der Waals surface area (Å²) in [6, 6.07) is 21.9. The van der Waals surface area contributed by atoms with Crippen molar-refractivity contribution in [1.29, 1.82) is 0 Å². The van der Waals surface area contributed by atoms with Crippen LogP contribution < -0.4 is 9.47 Å². The Labute approximate surface area is 280 Å². The number of ether oxygens (including phenoxy) is 2. The third-order valence-corrected chi connectivity index (χ3v) is 10.9. The van der Waals surface area contributed by atoms with E-state index in [1.54, 1.807) is 12.1 Å². The third kappa shape index (κ3) is 4.41. The zero-order valence-corrected chi connectivity index (χ0v) is 27.7. The van der Waals surface area contributed by atoms with Crippen molar-refractivity contribution in [3.8, 4) is 17.2 Å². The van der Waals surface area contributed by atoms with E-state index in [2.05, 4.69) is 0 Å². The van der Waals surface area contributed by atoms with Crippen molar-refractivity contribution in [1.82, 2.24) is 4.90 Å². The van der Waals surface area contributed by atoms with Crippen molar-refractivity contribution < 1.29 is 33.8 Å². The minimum absolute atomic E-state index is 0.154. The highest BCUT2D eigenvalue weighted by atomic mass is 16.5. The largest absolute Gasteiger partial charge is 0.502 e. The van der Waals surface area contributed by atoms with Crippen LogP contribution in [0.2, 0.25) is 0 Å². The molecule has 8 nitrogen and oxygen atoms in total. The van der Waals surface area contributed by atoms with Crippen molar-refractivity contribution in [2.75, 3.05) is 14.2 Å². The second-order valence-electron chi connectivity index (χ2n) is 14.2. The Balaban J connectivity index is 1.53.